The minimum absolute atomic E-state index is 0.219. The molecule has 0 atom stereocenters. The van der Waals surface area contributed by atoms with Crippen molar-refractivity contribution in [2.45, 2.75) is 19.3 Å². The van der Waals surface area contributed by atoms with Crippen LogP contribution in [0, 0.1) is 0 Å². The first-order chi connectivity index (χ1) is 8.34. The number of hydrogen-bond donors (Lipinski definition) is 1. The predicted molar refractivity (Wildman–Crippen MR) is 64.0 cm³/mol. The summed E-state index contributed by atoms with van der Waals surface area (Å²) in [5.41, 5.74) is 0.494. The molecular formula is C11H13N5O. The molecule has 0 spiro atoms. The molecule has 3 rings (SSSR count). The largest absolute Gasteiger partial charge is 0.342 e. The topological polar surface area (TPSA) is 74.8 Å². The quantitative estimate of drug-likeness (QED) is 0.782. The Labute approximate surface area is 97.7 Å². The Morgan fingerprint density at radius 3 is 2.71 bits per heavy atom. The molecule has 88 valence electrons. The summed E-state index contributed by atoms with van der Waals surface area (Å²) in [5.74, 6) is 0.614. The summed E-state index contributed by atoms with van der Waals surface area (Å²) in [6, 6.07) is 0. The van der Waals surface area contributed by atoms with Crippen LogP contribution in [0.15, 0.2) is 17.2 Å². The van der Waals surface area contributed by atoms with Gasteiger partial charge in [-0.15, -0.1) is 0 Å². The van der Waals surface area contributed by atoms with Crippen LogP contribution in [0.5, 0.6) is 0 Å². The average Bonchev–Trinajstić information content (AvgIpc) is 2.40. The SMILES string of the molecule is O=c1[nH]c(N2CCCCC2)nc2nccnc12. The normalized spacial score (nSPS) is 16.4. The molecule has 6 heteroatoms. The fraction of sp³-hybridized carbons (Fsp3) is 0.455. The summed E-state index contributed by atoms with van der Waals surface area (Å²) < 4.78 is 0. The molecule has 17 heavy (non-hydrogen) atoms. The van der Waals surface area contributed by atoms with Gasteiger partial charge in [-0.05, 0) is 19.3 Å². The van der Waals surface area contributed by atoms with Crippen LogP contribution in [0.25, 0.3) is 11.2 Å². The molecule has 0 unspecified atom stereocenters. The van der Waals surface area contributed by atoms with Gasteiger partial charge in [0.1, 0.15) is 0 Å². The van der Waals surface area contributed by atoms with Gasteiger partial charge in [-0.25, -0.2) is 9.97 Å². The van der Waals surface area contributed by atoms with Gasteiger partial charge in [0, 0.05) is 25.5 Å². The van der Waals surface area contributed by atoms with Gasteiger partial charge in [-0.1, -0.05) is 0 Å². The van der Waals surface area contributed by atoms with E-state index in [0.29, 0.717) is 17.1 Å². The number of hydrogen-bond acceptors (Lipinski definition) is 5. The van der Waals surface area contributed by atoms with Crippen LogP contribution in [0.3, 0.4) is 0 Å². The molecular weight excluding hydrogens is 218 g/mol. The van der Waals surface area contributed by atoms with E-state index in [-0.39, 0.29) is 5.56 Å². The maximum absolute atomic E-state index is 11.8. The Morgan fingerprint density at radius 2 is 1.88 bits per heavy atom. The molecule has 1 N–H and O–H groups in total. The minimum Gasteiger partial charge on any atom is -0.342 e. The van der Waals surface area contributed by atoms with Crippen LogP contribution in [0.2, 0.25) is 0 Å². The Balaban J connectivity index is 2.08. The lowest BCUT2D eigenvalue weighted by molar-refractivity contribution is 0.568. The molecule has 1 aliphatic heterocycles. The van der Waals surface area contributed by atoms with Crippen molar-refractivity contribution in [3.05, 3.63) is 22.7 Å². The third kappa shape index (κ3) is 1.86. The van der Waals surface area contributed by atoms with E-state index in [9.17, 15) is 4.79 Å². The highest BCUT2D eigenvalue weighted by Crippen LogP contribution is 2.15. The van der Waals surface area contributed by atoms with Crippen LogP contribution < -0.4 is 10.5 Å². The van der Waals surface area contributed by atoms with Crippen molar-refractivity contribution in [3.8, 4) is 0 Å². The minimum atomic E-state index is -0.219. The van der Waals surface area contributed by atoms with E-state index >= 15 is 0 Å². The first-order valence-corrected chi connectivity index (χ1v) is 5.80. The molecule has 2 aromatic heterocycles. The fourth-order valence-electron chi connectivity index (χ4n) is 2.12. The zero-order chi connectivity index (χ0) is 11.7. The molecule has 0 aliphatic carbocycles. The summed E-state index contributed by atoms with van der Waals surface area (Å²) in [5, 5.41) is 0. The molecule has 6 nitrogen and oxygen atoms in total. The number of aromatic nitrogens is 4. The van der Waals surface area contributed by atoms with Crippen molar-refractivity contribution >= 4 is 17.1 Å². The molecule has 0 radical (unpaired) electrons. The monoisotopic (exact) mass is 231 g/mol. The first-order valence-electron chi connectivity index (χ1n) is 5.80. The zero-order valence-corrected chi connectivity index (χ0v) is 9.39. The van der Waals surface area contributed by atoms with Gasteiger partial charge in [0.2, 0.25) is 5.95 Å². The van der Waals surface area contributed by atoms with Crippen molar-refractivity contribution in [3.63, 3.8) is 0 Å². The van der Waals surface area contributed by atoms with E-state index in [2.05, 4.69) is 24.8 Å². The van der Waals surface area contributed by atoms with E-state index < -0.39 is 0 Å². The molecule has 1 saturated heterocycles. The maximum atomic E-state index is 11.8. The van der Waals surface area contributed by atoms with E-state index in [0.717, 1.165) is 25.9 Å². The third-order valence-electron chi connectivity index (χ3n) is 2.99. The van der Waals surface area contributed by atoms with Crippen LogP contribution in [-0.4, -0.2) is 33.0 Å². The summed E-state index contributed by atoms with van der Waals surface area (Å²) in [6.07, 6.45) is 6.58. The molecule has 0 saturated carbocycles. The Kier molecular flexibility index (Phi) is 2.47. The standard InChI is InChI=1S/C11H13N5O/c17-10-8-9(13-5-4-12-8)14-11(15-10)16-6-2-1-3-7-16/h4-5H,1-3,6-7H2,(H,13,14,15,17). The van der Waals surface area contributed by atoms with Gasteiger partial charge < -0.3 is 4.90 Å². The number of piperidine rings is 1. The van der Waals surface area contributed by atoms with Crippen molar-refractivity contribution in [1.29, 1.82) is 0 Å². The summed E-state index contributed by atoms with van der Waals surface area (Å²) in [4.78, 5) is 29.1. The Bertz CT molecular complexity index is 588. The second-order valence-electron chi connectivity index (χ2n) is 4.17. The van der Waals surface area contributed by atoms with Crippen molar-refractivity contribution in [2.75, 3.05) is 18.0 Å². The van der Waals surface area contributed by atoms with Crippen LogP contribution in [0.4, 0.5) is 5.95 Å². The van der Waals surface area contributed by atoms with Gasteiger partial charge in [0.15, 0.2) is 11.2 Å². The third-order valence-corrected chi connectivity index (χ3v) is 2.99. The number of anilines is 1. The van der Waals surface area contributed by atoms with E-state index in [1.165, 1.54) is 12.6 Å². The van der Waals surface area contributed by atoms with E-state index in [4.69, 9.17) is 0 Å². The smallest absolute Gasteiger partial charge is 0.280 e. The number of H-pyrrole nitrogens is 1. The maximum Gasteiger partial charge on any atom is 0.280 e. The molecule has 0 amide bonds. The second kappa shape index (κ2) is 4.12. The molecule has 0 bridgehead atoms. The lowest BCUT2D eigenvalue weighted by Crippen LogP contribution is -2.32. The fourth-order valence-corrected chi connectivity index (χ4v) is 2.12. The molecule has 3 heterocycles. The molecule has 1 fully saturated rings. The number of rotatable bonds is 1. The molecule has 0 aromatic carbocycles. The van der Waals surface area contributed by atoms with Crippen LogP contribution in [0.1, 0.15) is 19.3 Å². The number of nitrogens with one attached hydrogen (secondary N) is 1. The highest BCUT2D eigenvalue weighted by Gasteiger charge is 2.14. The molecule has 2 aromatic rings. The summed E-state index contributed by atoms with van der Waals surface area (Å²) in [6.45, 7) is 1.88. The lowest BCUT2D eigenvalue weighted by atomic mass is 10.1. The van der Waals surface area contributed by atoms with Crippen molar-refractivity contribution in [2.24, 2.45) is 0 Å². The summed E-state index contributed by atoms with van der Waals surface area (Å²) in [7, 11) is 0. The van der Waals surface area contributed by atoms with Crippen LogP contribution in [-0.2, 0) is 0 Å². The number of fused-ring (bicyclic) bond motifs is 1. The molecule has 1 aliphatic rings. The second-order valence-corrected chi connectivity index (χ2v) is 4.17. The zero-order valence-electron chi connectivity index (χ0n) is 9.39. The highest BCUT2D eigenvalue weighted by molar-refractivity contribution is 5.69. The van der Waals surface area contributed by atoms with E-state index in [1.54, 1.807) is 6.20 Å². The van der Waals surface area contributed by atoms with Gasteiger partial charge in [-0.2, -0.15) is 4.98 Å². The van der Waals surface area contributed by atoms with Crippen molar-refractivity contribution in [1.82, 2.24) is 19.9 Å². The highest BCUT2D eigenvalue weighted by atomic mass is 16.1. The van der Waals surface area contributed by atoms with Gasteiger partial charge in [0.25, 0.3) is 5.56 Å². The average molecular weight is 231 g/mol. The summed E-state index contributed by atoms with van der Waals surface area (Å²) >= 11 is 0. The van der Waals surface area contributed by atoms with Gasteiger partial charge in [0.05, 0.1) is 0 Å². The van der Waals surface area contributed by atoms with Crippen LogP contribution >= 0.6 is 0 Å². The Hall–Kier alpha value is -1.98. The first kappa shape index (κ1) is 10.2. The lowest BCUT2D eigenvalue weighted by Gasteiger charge is -2.26. The van der Waals surface area contributed by atoms with Gasteiger partial charge in [-0.3, -0.25) is 9.78 Å². The Morgan fingerprint density at radius 1 is 1.12 bits per heavy atom. The number of aromatic amines is 1. The van der Waals surface area contributed by atoms with Gasteiger partial charge >= 0.3 is 0 Å². The predicted octanol–water partition coefficient (Wildman–Crippen LogP) is 0.703. The number of nitrogens with zero attached hydrogens (tertiary/aromatic N) is 4. The van der Waals surface area contributed by atoms with E-state index in [1.807, 2.05) is 0 Å². The van der Waals surface area contributed by atoms with Crippen molar-refractivity contribution < 1.29 is 0 Å².